The summed E-state index contributed by atoms with van der Waals surface area (Å²) in [6.07, 6.45) is 1.23. The van der Waals surface area contributed by atoms with Gasteiger partial charge in [-0.1, -0.05) is 16.8 Å². The molecule has 8 nitrogen and oxygen atoms in total. The van der Waals surface area contributed by atoms with E-state index in [2.05, 4.69) is 20.2 Å². The highest BCUT2D eigenvalue weighted by atomic mass is 35.5. The van der Waals surface area contributed by atoms with Crippen LogP contribution < -0.4 is 5.36 Å². The maximum Gasteiger partial charge on any atom is 0.305 e. The van der Waals surface area contributed by atoms with Gasteiger partial charge in [0.2, 0.25) is 0 Å². The Balaban J connectivity index is 2.05. The van der Waals surface area contributed by atoms with Crippen LogP contribution in [0.4, 0.5) is 0 Å². The molecular formula is C17H18ClN5O3. The summed E-state index contributed by atoms with van der Waals surface area (Å²) in [6.45, 7) is 2.12. The van der Waals surface area contributed by atoms with Crippen LogP contribution in [-0.2, 0) is 23.0 Å². The van der Waals surface area contributed by atoms with E-state index in [-0.39, 0.29) is 17.7 Å². The van der Waals surface area contributed by atoms with Gasteiger partial charge in [-0.15, -0.1) is 0 Å². The number of benzene rings is 1. The van der Waals surface area contributed by atoms with Crippen LogP contribution in [0.5, 0.6) is 0 Å². The van der Waals surface area contributed by atoms with Crippen LogP contribution in [0.3, 0.4) is 0 Å². The number of esters is 1. The van der Waals surface area contributed by atoms with Gasteiger partial charge in [0.05, 0.1) is 23.3 Å². The fourth-order valence-electron chi connectivity index (χ4n) is 2.72. The van der Waals surface area contributed by atoms with E-state index in [1.807, 2.05) is 0 Å². The molecule has 0 saturated carbocycles. The molecule has 0 spiro atoms. The minimum atomic E-state index is -0.263. The Hall–Kier alpha value is -2.74. The van der Waals surface area contributed by atoms with Crippen molar-refractivity contribution in [3.05, 3.63) is 34.3 Å². The van der Waals surface area contributed by atoms with Crippen LogP contribution in [0.1, 0.15) is 25.5 Å². The number of halogens is 1. The number of aryl methyl sites for hydroxylation is 2. The van der Waals surface area contributed by atoms with E-state index >= 15 is 0 Å². The van der Waals surface area contributed by atoms with Gasteiger partial charge in [-0.25, -0.2) is 14.6 Å². The molecule has 3 aromatic rings. The first-order valence-corrected chi connectivity index (χ1v) is 8.58. The van der Waals surface area contributed by atoms with Crippen molar-refractivity contribution in [3.63, 3.8) is 0 Å². The monoisotopic (exact) mass is 375 g/mol. The van der Waals surface area contributed by atoms with Crippen LogP contribution in [0.25, 0.3) is 22.2 Å². The molecule has 2 heterocycles. The van der Waals surface area contributed by atoms with Gasteiger partial charge in [0.15, 0.2) is 11.0 Å². The SMILES string of the molecule is CCOC(=O)CCCc1nn(C)c2nc3ccc(Cl)cc3nc2/c1=N/O. The average Bonchev–Trinajstić information content (AvgIpc) is 2.61. The van der Waals surface area contributed by atoms with Crippen molar-refractivity contribution in [1.29, 1.82) is 0 Å². The number of carbonyl (C=O) groups is 1. The molecule has 0 aliphatic rings. The van der Waals surface area contributed by atoms with Crippen LogP contribution in [0, 0.1) is 0 Å². The van der Waals surface area contributed by atoms with Gasteiger partial charge < -0.3 is 9.94 Å². The molecule has 1 N–H and O–H groups in total. The summed E-state index contributed by atoms with van der Waals surface area (Å²) in [6, 6.07) is 5.21. The topological polar surface area (TPSA) is 102 Å². The molecule has 0 unspecified atom stereocenters. The lowest BCUT2D eigenvalue weighted by molar-refractivity contribution is -0.143. The molecule has 0 bridgehead atoms. The maximum absolute atomic E-state index is 11.5. The minimum Gasteiger partial charge on any atom is -0.466 e. The standard InChI is InChI=1S/C17H18ClN5O3/c1-3-26-14(24)6-4-5-12-15(22-25)16-17(23(2)21-12)20-11-8-7-10(18)9-13(11)19-16/h7-9,25H,3-6H2,1-2H3/b22-15+. The quantitative estimate of drug-likeness (QED) is 0.318. The second-order valence-electron chi connectivity index (χ2n) is 5.71. The minimum absolute atomic E-state index is 0.247. The van der Waals surface area contributed by atoms with E-state index in [1.54, 1.807) is 36.9 Å². The fraction of sp³-hybridized carbons (Fsp3) is 0.353. The van der Waals surface area contributed by atoms with E-state index in [9.17, 15) is 10.0 Å². The van der Waals surface area contributed by atoms with Gasteiger partial charge in [-0.05, 0) is 38.0 Å². The van der Waals surface area contributed by atoms with Crippen LogP contribution in [-0.4, -0.2) is 37.5 Å². The molecule has 0 aliphatic heterocycles. The lowest BCUT2D eigenvalue weighted by Gasteiger charge is -2.09. The normalized spacial score (nSPS) is 12.0. The number of carbonyl (C=O) groups excluding carboxylic acids is 1. The van der Waals surface area contributed by atoms with Crippen molar-refractivity contribution in [2.75, 3.05) is 6.61 Å². The summed E-state index contributed by atoms with van der Waals surface area (Å²) in [4.78, 5) is 20.6. The largest absolute Gasteiger partial charge is 0.466 e. The highest BCUT2D eigenvalue weighted by Gasteiger charge is 2.13. The highest BCUT2D eigenvalue weighted by Crippen LogP contribution is 2.18. The van der Waals surface area contributed by atoms with Gasteiger partial charge in [-0.3, -0.25) is 4.79 Å². The van der Waals surface area contributed by atoms with Crippen LogP contribution in [0.2, 0.25) is 5.02 Å². The van der Waals surface area contributed by atoms with E-state index in [4.69, 9.17) is 16.3 Å². The second-order valence-corrected chi connectivity index (χ2v) is 6.14. The van der Waals surface area contributed by atoms with Crippen LogP contribution >= 0.6 is 11.6 Å². The predicted octanol–water partition coefficient (Wildman–Crippen LogP) is 2.35. The third-order valence-corrected chi connectivity index (χ3v) is 4.12. The summed E-state index contributed by atoms with van der Waals surface area (Å²) in [5.74, 6) is -0.263. The summed E-state index contributed by atoms with van der Waals surface area (Å²) >= 11 is 6.03. The van der Waals surface area contributed by atoms with Crippen molar-refractivity contribution < 1.29 is 14.7 Å². The second kappa shape index (κ2) is 7.65. The summed E-state index contributed by atoms with van der Waals surface area (Å²) < 4.78 is 6.51. The van der Waals surface area contributed by atoms with E-state index < -0.39 is 0 Å². The Bertz CT molecular complexity index is 1050. The third kappa shape index (κ3) is 3.60. The van der Waals surface area contributed by atoms with Gasteiger partial charge in [0, 0.05) is 18.5 Å². The molecule has 0 aliphatic carbocycles. The molecule has 1 aromatic carbocycles. The van der Waals surface area contributed by atoms with E-state index in [0.717, 1.165) is 0 Å². The number of rotatable bonds is 5. The molecule has 0 amide bonds. The lowest BCUT2D eigenvalue weighted by atomic mass is 10.1. The Labute approximate surface area is 154 Å². The number of nitrogens with zero attached hydrogens (tertiary/aromatic N) is 5. The highest BCUT2D eigenvalue weighted by molar-refractivity contribution is 6.31. The van der Waals surface area contributed by atoms with Crippen molar-refractivity contribution in [2.45, 2.75) is 26.2 Å². The van der Waals surface area contributed by atoms with Gasteiger partial charge in [-0.2, -0.15) is 5.10 Å². The van der Waals surface area contributed by atoms with Crippen molar-refractivity contribution >= 4 is 39.8 Å². The average molecular weight is 376 g/mol. The summed E-state index contributed by atoms with van der Waals surface area (Å²) in [5, 5.41) is 18.1. The Morgan fingerprint density at radius 3 is 2.88 bits per heavy atom. The van der Waals surface area contributed by atoms with Gasteiger partial charge in [0.25, 0.3) is 0 Å². The number of fused-ring (bicyclic) bond motifs is 2. The molecule has 0 fully saturated rings. The number of aromatic nitrogens is 4. The molecule has 0 saturated heterocycles. The zero-order valence-electron chi connectivity index (χ0n) is 14.4. The lowest BCUT2D eigenvalue weighted by Crippen LogP contribution is -2.21. The zero-order chi connectivity index (χ0) is 18.7. The Morgan fingerprint density at radius 1 is 1.35 bits per heavy atom. The molecular weight excluding hydrogens is 358 g/mol. The Kier molecular flexibility index (Phi) is 5.32. The first-order chi connectivity index (χ1) is 12.5. The van der Waals surface area contributed by atoms with Crippen LogP contribution in [0.15, 0.2) is 23.4 Å². The molecule has 9 heteroatoms. The van der Waals surface area contributed by atoms with Gasteiger partial charge in [0.1, 0.15) is 5.52 Å². The van der Waals surface area contributed by atoms with Crippen molar-refractivity contribution in [2.24, 2.45) is 12.2 Å². The number of ether oxygens (including phenoxy) is 1. The van der Waals surface area contributed by atoms with E-state index in [1.165, 1.54) is 0 Å². The van der Waals surface area contributed by atoms with Gasteiger partial charge >= 0.3 is 5.97 Å². The number of hydrogen-bond donors (Lipinski definition) is 1. The number of hydrogen-bond acceptors (Lipinski definition) is 7. The molecule has 0 radical (unpaired) electrons. The maximum atomic E-state index is 11.5. The van der Waals surface area contributed by atoms with Crippen molar-refractivity contribution in [1.82, 2.24) is 19.7 Å². The third-order valence-electron chi connectivity index (χ3n) is 3.88. The smallest absolute Gasteiger partial charge is 0.305 e. The fourth-order valence-corrected chi connectivity index (χ4v) is 2.89. The first kappa shape index (κ1) is 18.1. The van der Waals surface area contributed by atoms with Crippen molar-refractivity contribution in [3.8, 4) is 0 Å². The molecule has 26 heavy (non-hydrogen) atoms. The molecule has 136 valence electrons. The zero-order valence-corrected chi connectivity index (χ0v) is 15.2. The first-order valence-electron chi connectivity index (χ1n) is 8.20. The summed E-state index contributed by atoms with van der Waals surface area (Å²) in [7, 11) is 1.74. The molecule has 0 atom stereocenters. The molecule has 3 rings (SSSR count). The summed E-state index contributed by atoms with van der Waals surface area (Å²) in [5.41, 5.74) is 2.70. The predicted molar refractivity (Wildman–Crippen MR) is 95.7 cm³/mol. The Morgan fingerprint density at radius 2 is 2.15 bits per heavy atom. The van der Waals surface area contributed by atoms with E-state index in [0.29, 0.717) is 52.4 Å². The molecule has 2 aromatic heterocycles.